The highest BCUT2D eigenvalue weighted by Gasteiger charge is 2.00. The maximum atomic E-state index is 5.89. The van der Waals surface area contributed by atoms with E-state index in [4.69, 9.17) is 22.1 Å². The highest BCUT2D eigenvalue weighted by molar-refractivity contribution is 7.09. The SMILES string of the molecule is Nc1ccc(OCCc2cccs2)cc1Cl. The molecule has 4 heteroatoms. The van der Waals surface area contributed by atoms with E-state index in [0.717, 1.165) is 12.2 Å². The summed E-state index contributed by atoms with van der Waals surface area (Å²) in [6.07, 6.45) is 0.916. The Kier molecular flexibility index (Phi) is 3.70. The van der Waals surface area contributed by atoms with E-state index in [0.29, 0.717) is 17.3 Å². The fourth-order valence-electron chi connectivity index (χ4n) is 1.32. The van der Waals surface area contributed by atoms with E-state index in [9.17, 15) is 0 Å². The Morgan fingerprint density at radius 2 is 2.19 bits per heavy atom. The standard InChI is InChI=1S/C12H12ClNOS/c13-11-8-9(3-4-12(11)14)15-6-5-10-2-1-7-16-10/h1-4,7-8H,5-6,14H2. The number of nitrogens with two attached hydrogens (primary N) is 1. The zero-order valence-electron chi connectivity index (χ0n) is 8.65. The number of nitrogen functional groups attached to an aromatic ring is 1. The molecule has 0 saturated carbocycles. The lowest BCUT2D eigenvalue weighted by atomic mass is 10.3. The summed E-state index contributed by atoms with van der Waals surface area (Å²) in [4.78, 5) is 1.32. The zero-order valence-corrected chi connectivity index (χ0v) is 10.2. The summed E-state index contributed by atoms with van der Waals surface area (Å²) in [6.45, 7) is 0.654. The Hall–Kier alpha value is -1.19. The Labute approximate surface area is 104 Å². The van der Waals surface area contributed by atoms with Crippen LogP contribution in [0.4, 0.5) is 5.69 Å². The zero-order chi connectivity index (χ0) is 11.4. The van der Waals surface area contributed by atoms with Gasteiger partial charge < -0.3 is 10.5 Å². The molecule has 0 unspecified atom stereocenters. The van der Waals surface area contributed by atoms with Gasteiger partial charge in [0.15, 0.2) is 0 Å². The number of ether oxygens (including phenoxy) is 1. The van der Waals surface area contributed by atoms with Crippen LogP contribution in [0.15, 0.2) is 35.7 Å². The van der Waals surface area contributed by atoms with Gasteiger partial charge in [-0.25, -0.2) is 0 Å². The van der Waals surface area contributed by atoms with Gasteiger partial charge in [0, 0.05) is 17.4 Å². The van der Waals surface area contributed by atoms with Crippen molar-refractivity contribution in [3.05, 3.63) is 45.6 Å². The van der Waals surface area contributed by atoms with Crippen molar-refractivity contribution in [3.8, 4) is 5.75 Å². The van der Waals surface area contributed by atoms with E-state index >= 15 is 0 Å². The van der Waals surface area contributed by atoms with Crippen LogP contribution in [0.3, 0.4) is 0 Å². The van der Waals surface area contributed by atoms with Crippen LogP contribution in [0.2, 0.25) is 5.02 Å². The predicted molar refractivity (Wildman–Crippen MR) is 69.4 cm³/mol. The largest absolute Gasteiger partial charge is 0.493 e. The number of anilines is 1. The lowest BCUT2D eigenvalue weighted by molar-refractivity contribution is 0.323. The molecule has 84 valence electrons. The van der Waals surface area contributed by atoms with Crippen molar-refractivity contribution in [3.63, 3.8) is 0 Å². The molecule has 2 nitrogen and oxygen atoms in total. The fourth-order valence-corrected chi connectivity index (χ4v) is 2.18. The number of halogens is 1. The third-order valence-electron chi connectivity index (χ3n) is 2.17. The highest BCUT2D eigenvalue weighted by atomic mass is 35.5. The Bertz CT molecular complexity index is 456. The fraction of sp³-hybridized carbons (Fsp3) is 0.167. The number of rotatable bonds is 4. The van der Waals surface area contributed by atoms with E-state index in [1.165, 1.54) is 4.88 Å². The van der Waals surface area contributed by atoms with Crippen LogP contribution in [0.1, 0.15) is 4.88 Å². The van der Waals surface area contributed by atoms with E-state index in [-0.39, 0.29) is 0 Å². The van der Waals surface area contributed by atoms with Gasteiger partial charge >= 0.3 is 0 Å². The average Bonchev–Trinajstić information content (AvgIpc) is 2.76. The van der Waals surface area contributed by atoms with Gasteiger partial charge in [0.1, 0.15) is 5.75 Å². The van der Waals surface area contributed by atoms with Gasteiger partial charge in [0.2, 0.25) is 0 Å². The third kappa shape index (κ3) is 2.90. The number of hydrogen-bond acceptors (Lipinski definition) is 3. The van der Waals surface area contributed by atoms with Crippen LogP contribution in [0, 0.1) is 0 Å². The molecule has 1 heterocycles. The number of thiophene rings is 1. The Balaban J connectivity index is 1.87. The summed E-state index contributed by atoms with van der Waals surface area (Å²) in [7, 11) is 0. The molecule has 0 aliphatic carbocycles. The summed E-state index contributed by atoms with van der Waals surface area (Å²) in [5, 5.41) is 2.60. The summed E-state index contributed by atoms with van der Waals surface area (Å²) in [6, 6.07) is 9.47. The van der Waals surface area contributed by atoms with E-state index in [2.05, 4.69) is 11.4 Å². The Morgan fingerprint density at radius 3 is 2.88 bits per heavy atom. The molecule has 0 saturated heterocycles. The van der Waals surface area contributed by atoms with Gasteiger partial charge in [-0.1, -0.05) is 17.7 Å². The van der Waals surface area contributed by atoms with Crippen molar-refractivity contribution in [2.45, 2.75) is 6.42 Å². The summed E-state index contributed by atoms with van der Waals surface area (Å²) < 4.78 is 5.58. The monoisotopic (exact) mass is 253 g/mol. The maximum absolute atomic E-state index is 5.89. The molecule has 2 N–H and O–H groups in total. The van der Waals surface area contributed by atoms with Crippen molar-refractivity contribution in [2.24, 2.45) is 0 Å². The van der Waals surface area contributed by atoms with E-state index < -0.39 is 0 Å². The minimum Gasteiger partial charge on any atom is -0.493 e. The molecular weight excluding hydrogens is 242 g/mol. The van der Waals surface area contributed by atoms with E-state index in [1.807, 2.05) is 12.1 Å². The second-order valence-electron chi connectivity index (χ2n) is 3.36. The van der Waals surface area contributed by atoms with Crippen molar-refractivity contribution in [1.29, 1.82) is 0 Å². The van der Waals surface area contributed by atoms with Gasteiger partial charge in [-0.05, 0) is 23.6 Å². The average molecular weight is 254 g/mol. The Morgan fingerprint density at radius 1 is 1.31 bits per heavy atom. The smallest absolute Gasteiger partial charge is 0.120 e. The van der Waals surface area contributed by atoms with E-state index in [1.54, 1.807) is 23.5 Å². The molecule has 16 heavy (non-hydrogen) atoms. The third-order valence-corrected chi connectivity index (χ3v) is 3.43. The predicted octanol–water partition coefficient (Wildman–Crippen LogP) is 3.61. The molecule has 0 aliphatic heterocycles. The van der Waals surface area contributed by atoms with Crippen LogP contribution < -0.4 is 10.5 Å². The van der Waals surface area contributed by atoms with Gasteiger partial charge in [0.05, 0.1) is 17.3 Å². The van der Waals surface area contributed by atoms with Crippen molar-refractivity contribution in [2.75, 3.05) is 12.3 Å². The number of hydrogen-bond donors (Lipinski definition) is 1. The topological polar surface area (TPSA) is 35.2 Å². The molecule has 0 fully saturated rings. The molecule has 0 aliphatic rings. The first-order valence-electron chi connectivity index (χ1n) is 4.96. The first-order chi connectivity index (χ1) is 7.75. The minimum atomic E-state index is 0.536. The normalized spacial score (nSPS) is 10.3. The second kappa shape index (κ2) is 5.23. The first-order valence-corrected chi connectivity index (χ1v) is 6.21. The first kappa shape index (κ1) is 11.3. The quantitative estimate of drug-likeness (QED) is 0.845. The van der Waals surface area contributed by atoms with Gasteiger partial charge in [0.25, 0.3) is 0 Å². The number of benzene rings is 1. The van der Waals surface area contributed by atoms with Crippen molar-refractivity contribution < 1.29 is 4.74 Å². The van der Waals surface area contributed by atoms with Gasteiger partial charge in [-0.2, -0.15) is 0 Å². The second-order valence-corrected chi connectivity index (χ2v) is 4.80. The van der Waals surface area contributed by atoms with Gasteiger partial charge in [-0.3, -0.25) is 0 Å². The van der Waals surface area contributed by atoms with Crippen LogP contribution in [-0.2, 0) is 6.42 Å². The molecule has 2 aromatic rings. The highest BCUT2D eigenvalue weighted by Crippen LogP contribution is 2.24. The molecular formula is C12H12ClNOS. The molecule has 0 amide bonds. The molecule has 2 rings (SSSR count). The summed E-state index contributed by atoms with van der Waals surface area (Å²) in [5.74, 6) is 0.760. The van der Waals surface area contributed by atoms with Crippen LogP contribution in [0.5, 0.6) is 5.75 Å². The van der Waals surface area contributed by atoms with Crippen molar-refractivity contribution in [1.82, 2.24) is 0 Å². The lowest BCUT2D eigenvalue weighted by Crippen LogP contribution is -2.00. The lowest BCUT2D eigenvalue weighted by Gasteiger charge is -2.06. The molecule has 0 radical (unpaired) electrons. The molecule has 1 aromatic heterocycles. The van der Waals surface area contributed by atoms with Gasteiger partial charge in [-0.15, -0.1) is 11.3 Å². The molecule has 0 spiro atoms. The summed E-state index contributed by atoms with van der Waals surface area (Å²) in [5.41, 5.74) is 6.18. The van der Waals surface area contributed by atoms with Crippen LogP contribution in [0.25, 0.3) is 0 Å². The minimum absolute atomic E-state index is 0.536. The molecule has 0 atom stereocenters. The summed E-state index contributed by atoms with van der Waals surface area (Å²) >= 11 is 7.63. The van der Waals surface area contributed by atoms with Crippen LogP contribution >= 0.6 is 22.9 Å². The molecule has 0 bridgehead atoms. The van der Waals surface area contributed by atoms with Crippen LogP contribution in [-0.4, -0.2) is 6.61 Å². The molecule has 1 aromatic carbocycles. The maximum Gasteiger partial charge on any atom is 0.120 e. The van der Waals surface area contributed by atoms with Crippen molar-refractivity contribution >= 4 is 28.6 Å².